The molecule has 0 atom stereocenters. The van der Waals surface area contributed by atoms with Crippen molar-refractivity contribution in [3.63, 3.8) is 0 Å². The van der Waals surface area contributed by atoms with Crippen LogP contribution in [0.5, 0.6) is 5.75 Å². The van der Waals surface area contributed by atoms with Gasteiger partial charge in [0.2, 0.25) is 0 Å². The van der Waals surface area contributed by atoms with Crippen molar-refractivity contribution in [1.29, 1.82) is 5.26 Å². The maximum atomic E-state index is 14.5. The SMILES string of the molecule is CCCC[C@H]1CC[C@H](CCc2cc(F)c(C(F)(F)Oc3cc(F)c(C#N)c(F)c3)c(F)c2)CC1. The molecule has 0 bridgehead atoms. The molecule has 0 saturated heterocycles. The van der Waals surface area contributed by atoms with Gasteiger partial charge in [-0.15, -0.1) is 0 Å². The van der Waals surface area contributed by atoms with E-state index in [0.29, 0.717) is 24.5 Å². The van der Waals surface area contributed by atoms with Gasteiger partial charge in [0, 0.05) is 12.1 Å². The molecule has 1 aliphatic rings. The third kappa shape index (κ3) is 6.25. The molecule has 0 radical (unpaired) electrons. The van der Waals surface area contributed by atoms with Gasteiger partial charge in [0.1, 0.15) is 46.2 Å². The largest absolute Gasteiger partial charge is 0.432 e. The summed E-state index contributed by atoms with van der Waals surface area (Å²) >= 11 is 0. The van der Waals surface area contributed by atoms with Crippen LogP contribution in [0.15, 0.2) is 24.3 Å². The molecule has 0 heterocycles. The number of benzene rings is 2. The minimum absolute atomic E-state index is 0.262. The maximum absolute atomic E-state index is 14.5. The summed E-state index contributed by atoms with van der Waals surface area (Å²) in [5.41, 5.74) is -2.36. The first-order valence-electron chi connectivity index (χ1n) is 11.6. The van der Waals surface area contributed by atoms with Crippen LogP contribution < -0.4 is 4.74 Å². The van der Waals surface area contributed by atoms with E-state index in [-0.39, 0.29) is 5.56 Å². The molecular formula is C26H27F6NO. The van der Waals surface area contributed by atoms with E-state index in [2.05, 4.69) is 11.7 Å². The molecule has 184 valence electrons. The summed E-state index contributed by atoms with van der Waals surface area (Å²) in [6.45, 7) is 2.17. The van der Waals surface area contributed by atoms with Gasteiger partial charge in [-0.2, -0.15) is 14.0 Å². The topological polar surface area (TPSA) is 33.0 Å². The molecule has 1 fully saturated rings. The molecule has 34 heavy (non-hydrogen) atoms. The van der Waals surface area contributed by atoms with E-state index in [9.17, 15) is 26.3 Å². The normalized spacial score (nSPS) is 18.5. The van der Waals surface area contributed by atoms with E-state index in [0.717, 1.165) is 50.2 Å². The van der Waals surface area contributed by atoms with Crippen LogP contribution in [0.25, 0.3) is 0 Å². The van der Waals surface area contributed by atoms with E-state index in [1.807, 2.05) is 0 Å². The minimum atomic E-state index is -4.53. The second-order valence-electron chi connectivity index (χ2n) is 8.99. The number of halogens is 6. The van der Waals surface area contributed by atoms with Crippen LogP contribution in [-0.2, 0) is 12.5 Å². The zero-order valence-electron chi connectivity index (χ0n) is 19.0. The third-order valence-corrected chi connectivity index (χ3v) is 6.54. The number of nitriles is 1. The smallest absolute Gasteiger partial charge is 0.429 e. The molecule has 1 aliphatic carbocycles. The van der Waals surface area contributed by atoms with Crippen molar-refractivity contribution in [3.8, 4) is 11.8 Å². The first kappa shape index (κ1) is 25.9. The van der Waals surface area contributed by atoms with Gasteiger partial charge in [-0.1, -0.05) is 51.9 Å². The summed E-state index contributed by atoms with van der Waals surface area (Å²) in [6, 6.07) is 3.66. The van der Waals surface area contributed by atoms with Gasteiger partial charge in [-0.3, -0.25) is 0 Å². The Morgan fingerprint density at radius 3 is 1.91 bits per heavy atom. The molecule has 2 aromatic carbocycles. The lowest BCUT2D eigenvalue weighted by Crippen LogP contribution is -2.25. The van der Waals surface area contributed by atoms with Gasteiger partial charge < -0.3 is 4.74 Å². The quantitative estimate of drug-likeness (QED) is 0.337. The predicted octanol–water partition coefficient (Wildman–Crippen LogP) is 8.17. The number of unbranched alkanes of at least 4 members (excludes halogenated alkanes) is 1. The summed E-state index contributed by atoms with van der Waals surface area (Å²) in [7, 11) is 0. The minimum Gasteiger partial charge on any atom is -0.429 e. The summed E-state index contributed by atoms with van der Waals surface area (Å²) in [6.07, 6.45) is 4.59. The Kier molecular flexibility index (Phi) is 8.51. The first-order chi connectivity index (χ1) is 16.1. The second kappa shape index (κ2) is 11.2. The standard InChI is InChI=1S/C26H27F6NO/c1-2-3-4-16-5-7-17(8-6-16)9-10-18-11-23(29)25(24(30)12-18)26(31,32)34-19-13-21(27)20(15-33)22(28)14-19/h11-14,16-17H,2-10H2,1H3/t16-,17-. The molecule has 2 nitrogen and oxygen atoms in total. The van der Waals surface area contributed by atoms with Gasteiger partial charge in [0.05, 0.1) is 0 Å². The Balaban J connectivity index is 1.66. The van der Waals surface area contributed by atoms with Crippen LogP contribution in [0.2, 0.25) is 0 Å². The Bertz CT molecular complexity index is 994. The van der Waals surface area contributed by atoms with Crippen molar-refractivity contribution in [2.75, 3.05) is 0 Å². The summed E-state index contributed by atoms with van der Waals surface area (Å²) in [4.78, 5) is 0. The Morgan fingerprint density at radius 2 is 1.41 bits per heavy atom. The monoisotopic (exact) mass is 483 g/mol. The number of alkyl halides is 2. The van der Waals surface area contributed by atoms with Crippen molar-refractivity contribution in [2.24, 2.45) is 11.8 Å². The van der Waals surface area contributed by atoms with E-state index in [1.54, 1.807) is 0 Å². The fourth-order valence-corrected chi connectivity index (χ4v) is 4.64. The van der Waals surface area contributed by atoms with Crippen molar-refractivity contribution in [3.05, 3.63) is 64.2 Å². The fraction of sp³-hybridized carbons (Fsp3) is 0.500. The van der Waals surface area contributed by atoms with E-state index in [1.165, 1.54) is 25.3 Å². The van der Waals surface area contributed by atoms with E-state index in [4.69, 9.17) is 5.26 Å². The fourth-order valence-electron chi connectivity index (χ4n) is 4.64. The maximum Gasteiger partial charge on any atom is 0.432 e. The second-order valence-corrected chi connectivity index (χ2v) is 8.99. The Hall–Kier alpha value is -2.69. The number of hydrogen-bond acceptors (Lipinski definition) is 2. The molecule has 0 N–H and O–H groups in total. The molecule has 0 spiro atoms. The van der Waals surface area contributed by atoms with E-state index < -0.39 is 46.3 Å². The van der Waals surface area contributed by atoms with Gasteiger partial charge >= 0.3 is 6.11 Å². The molecule has 1 saturated carbocycles. The average Bonchev–Trinajstić information content (AvgIpc) is 2.76. The predicted molar refractivity (Wildman–Crippen MR) is 115 cm³/mol. The van der Waals surface area contributed by atoms with Crippen LogP contribution in [0.1, 0.15) is 75.0 Å². The van der Waals surface area contributed by atoms with Gasteiger partial charge in [0.25, 0.3) is 0 Å². The zero-order chi connectivity index (χ0) is 24.9. The number of aryl methyl sites for hydroxylation is 1. The van der Waals surface area contributed by atoms with Crippen LogP contribution in [0.3, 0.4) is 0 Å². The molecule has 0 amide bonds. The van der Waals surface area contributed by atoms with Crippen molar-refractivity contribution >= 4 is 0 Å². The van der Waals surface area contributed by atoms with Crippen LogP contribution in [0, 0.1) is 46.4 Å². The molecule has 0 unspecified atom stereocenters. The van der Waals surface area contributed by atoms with Gasteiger partial charge in [-0.05, 0) is 42.4 Å². The average molecular weight is 483 g/mol. The Labute approximate surface area is 195 Å². The number of ether oxygens (including phenoxy) is 1. The molecular weight excluding hydrogens is 456 g/mol. The highest BCUT2D eigenvalue weighted by molar-refractivity contribution is 5.38. The van der Waals surface area contributed by atoms with Crippen molar-refractivity contribution in [1.82, 2.24) is 0 Å². The van der Waals surface area contributed by atoms with Crippen LogP contribution >= 0.6 is 0 Å². The molecule has 0 aliphatic heterocycles. The third-order valence-electron chi connectivity index (χ3n) is 6.54. The van der Waals surface area contributed by atoms with Crippen molar-refractivity contribution < 1.29 is 31.1 Å². The lowest BCUT2D eigenvalue weighted by atomic mass is 9.78. The molecule has 3 rings (SSSR count). The first-order valence-corrected chi connectivity index (χ1v) is 11.6. The summed E-state index contributed by atoms with van der Waals surface area (Å²) in [5, 5.41) is 8.65. The molecule has 0 aromatic heterocycles. The van der Waals surface area contributed by atoms with Gasteiger partial charge in [0.15, 0.2) is 0 Å². The highest BCUT2D eigenvalue weighted by atomic mass is 19.3. The van der Waals surface area contributed by atoms with Crippen LogP contribution in [0.4, 0.5) is 26.3 Å². The molecule has 8 heteroatoms. The van der Waals surface area contributed by atoms with E-state index >= 15 is 0 Å². The highest BCUT2D eigenvalue weighted by Crippen LogP contribution is 2.37. The number of hydrogen-bond donors (Lipinski definition) is 0. The zero-order valence-corrected chi connectivity index (χ0v) is 19.0. The number of nitrogens with zero attached hydrogens (tertiary/aromatic N) is 1. The van der Waals surface area contributed by atoms with Crippen LogP contribution in [-0.4, -0.2) is 0 Å². The summed E-state index contributed by atoms with van der Waals surface area (Å²) < 4.78 is 89.7. The molecule has 2 aromatic rings. The number of rotatable bonds is 9. The van der Waals surface area contributed by atoms with Crippen molar-refractivity contribution in [2.45, 2.75) is 70.8 Å². The Morgan fingerprint density at radius 1 is 0.882 bits per heavy atom. The highest BCUT2D eigenvalue weighted by Gasteiger charge is 2.41. The lowest BCUT2D eigenvalue weighted by molar-refractivity contribution is -0.189. The lowest BCUT2D eigenvalue weighted by Gasteiger charge is -2.28. The summed E-state index contributed by atoms with van der Waals surface area (Å²) in [5.74, 6) is -5.68. The van der Waals surface area contributed by atoms with Gasteiger partial charge in [-0.25, -0.2) is 17.6 Å².